The Bertz CT molecular complexity index is 514. The van der Waals surface area contributed by atoms with Crippen LogP contribution < -0.4 is 4.90 Å². The van der Waals surface area contributed by atoms with E-state index in [-0.39, 0.29) is 5.97 Å². The van der Waals surface area contributed by atoms with Crippen molar-refractivity contribution in [2.24, 2.45) is 0 Å². The number of rotatable bonds is 4. The molecule has 0 N–H and O–H groups in total. The van der Waals surface area contributed by atoms with Gasteiger partial charge < -0.3 is 14.5 Å². The smallest absolute Gasteiger partial charge is 0.307 e. The molecule has 5 heteroatoms. The second-order valence-electron chi connectivity index (χ2n) is 4.94. The maximum atomic E-state index is 11.2. The van der Waals surface area contributed by atoms with E-state index >= 15 is 0 Å². The van der Waals surface area contributed by atoms with Gasteiger partial charge in [0.25, 0.3) is 0 Å². The monoisotopic (exact) mass is 292 g/mol. The minimum absolute atomic E-state index is 0.268. The number of nitrogens with zero attached hydrogens (tertiary/aromatic N) is 2. The molecule has 20 heavy (non-hydrogen) atoms. The minimum Gasteiger partial charge on any atom is -0.429 e. The fourth-order valence-electron chi connectivity index (χ4n) is 1.98. The van der Waals surface area contributed by atoms with E-state index < -0.39 is 0 Å². The highest BCUT2D eigenvalue weighted by molar-refractivity contribution is 7.99. The van der Waals surface area contributed by atoms with Crippen LogP contribution in [0, 0.1) is 0 Å². The highest BCUT2D eigenvalue weighted by Crippen LogP contribution is 2.34. The topological polar surface area (TPSA) is 32.8 Å². The Kier molecular flexibility index (Phi) is 5.09. The lowest BCUT2D eigenvalue weighted by atomic mass is 10.3. The first-order valence-electron chi connectivity index (χ1n) is 6.58. The molecular formula is C15H20N2O2S. The molecule has 0 spiro atoms. The van der Waals surface area contributed by atoms with Crippen molar-refractivity contribution in [1.29, 1.82) is 0 Å². The molecule has 0 aliphatic carbocycles. The summed E-state index contributed by atoms with van der Waals surface area (Å²) in [5.41, 5.74) is 1.17. The zero-order valence-electron chi connectivity index (χ0n) is 12.1. The second kappa shape index (κ2) is 6.81. The molecule has 0 unspecified atom stereocenters. The molecule has 1 aliphatic rings. The van der Waals surface area contributed by atoms with E-state index in [0.29, 0.717) is 11.5 Å². The van der Waals surface area contributed by atoms with Crippen LogP contribution in [0.15, 0.2) is 41.1 Å². The van der Waals surface area contributed by atoms with Crippen LogP contribution in [0.3, 0.4) is 0 Å². The third-order valence-electron chi connectivity index (χ3n) is 2.91. The maximum Gasteiger partial charge on any atom is 0.307 e. The maximum absolute atomic E-state index is 11.2. The SMILES string of the molecule is CC(=O)OC1=CN(CCN(C)C)c2ccccc2SC1. The summed E-state index contributed by atoms with van der Waals surface area (Å²) in [6.07, 6.45) is 1.95. The summed E-state index contributed by atoms with van der Waals surface area (Å²) in [5.74, 6) is 1.11. The van der Waals surface area contributed by atoms with Crippen molar-refractivity contribution in [3.8, 4) is 0 Å². The second-order valence-corrected chi connectivity index (χ2v) is 5.96. The number of anilines is 1. The average Bonchev–Trinajstić information content (AvgIpc) is 2.56. The zero-order valence-corrected chi connectivity index (χ0v) is 12.9. The molecule has 0 atom stereocenters. The van der Waals surface area contributed by atoms with Crippen LogP contribution in [-0.4, -0.2) is 43.8 Å². The number of benzene rings is 1. The van der Waals surface area contributed by atoms with Crippen LogP contribution in [0.2, 0.25) is 0 Å². The van der Waals surface area contributed by atoms with Crippen molar-refractivity contribution in [3.05, 3.63) is 36.2 Å². The fraction of sp³-hybridized carbons (Fsp3) is 0.400. The van der Waals surface area contributed by atoms with Crippen LogP contribution in [-0.2, 0) is 9.53 Å². The Morgan fingerprint density at radius 1 is 1.40 bits per heavy atom. The summed E-state index contributed by atoms with van der Waals surface area (Å²) >= 11 is 1.70. The van der Waals surface area contributed by atoms with Crippen molar-refractivity contribution < 1.29 is 9.53 Å². The van der Waals surface area contributed by atoms with Crippen molar-refractivity contribution in [3.63, 3.8) is 0 Å². The molecule has 0 radical (unpaired) electrons. The Morgan fingerprint density at radius 3 is 2.85 bits per heavy atom. The molecule has 1 aromatic rings. The van der Waals surface area contributed by atoms with Gasteiger partial charge in [0.1, 0.15) is 5.76 Å². The summed E-state index contributed by atoms with van der Waals surface area (Å²) in [6, 6.07) is 8.28. The van der Waals surface area contributed by atoms with Crippen LogP contribution in [0.5, 0.6) is 0 Å². The number of hydrogen-bond acceptors (Lipinski definition) is 5. The van der Waals surface area contributed by atoms with Crippen LogP contribution in [0.1, 0.15) is 6.92 Å². The van der Waals surface area contributed by atoms with E-state index in [2.05, 4.69) is 36.0 Å². The van der Waals surface area contributed by atoms with Gasteiger partial charge >= 0.3 is 5.97 Å². The summed E-state index contributed by atoms with van der Waals surface area (Å²) < 4.78 is 5.29. The molecule has 4 nitrogen and oxygen atoms in total. The van der Waals surface area contributed by atoms with Gasteiger partial charge in [-0.15, -0.1) is 11.8 Å². The Labute approximate surface area is 124 Å². The lowest BCUT2D eigenvalue weighted by Crippen LogP contribution is -2.28. The molecule has 0 saturated heterocycles. The molecular weight excluding hydrogens is 272 g/mol. The molecule has 0 saturated carbocycles. The number of thioether (sulfide) groups is 1. The Morgan fingerprint density at radius 2 is 2.15 bits per heavy atom. The average molecular weight is 292 g/mol. The standard InChI is InChI=1S/C15H20N2O2S/c1-12(18)19-13-10-17(9-8-16(2)3)14-6-4-5-7-15(14)20-11-13/h4-7,10H,8-9,11H2,1-3H3. The highest BCUT2D eigenvalue weighted by atomic mass is 32.2. The van der Waals surface area contributed by atoms with E-state index in [1.165, 1.54) is 17.5 Å². The van der Waals surface area contributed by atoms with Gasteiger partial charge in [-0.05, 0) is 26.2 Å². The van der Waals surface area contributed by atoms with Gasteiger partial charge in [-0.3, -0.25) is 4.79 Å². The molecule has 0 aromatic heterocycles. The number of fused-ring (bicyclic) bond motifs is 1. The molecule has 0 amide bonds. The number of carbonyl (C=O) groups excluding carboxylic acids is 1. The van der Waals surface area contributed by atoms with Crippen molar-refractivity contribution in [2.45, 2.75) is 11.8 Å². The first-order valence-corrected chi connectivity index (χ1v) is 7.57. The number of ether oxygens (including phenoxy) is 1. The molecule has 1 aliphatic heterocycles. The largest absolute Gasteiger partial charge is 0.429 e. The zero-order chi connectivity index (χ0) is 14.5. The molecule has 1 heterocycles. The number of likely N-dealkylation sites (N-methyl/N-ethyl adjacent to an activating group) is 1. The van der Waals surface area contributed by atoms with Gasteiger partial charge in [0.15, 0.2) is 0 Å². The van der Waals surface area contributed by atoms with Crippen molar-refractivity contribution in [1.82, 2.24) is 4.90 Å². The van der Waals surface area contributed by atoms with E-state index in [1.54, 1.807) is 11.8 Å². The molecule has 108 valence electrons. The Balaban J connectivity index is 2.25. The van der Waals surface area contributed by atoms with E-state index in [4.69, 9.17) is 4.74 Å². The quantitative estimate of drug-likeness (QED) is 0.797. The van der Waals surface area contributed by atoms with Crippen LogP contribution in [0.4, 0.5) is 5.69 Å². The third-order valence-corrected chi connectivity index (χ3v) is 3.99. The van der Waals surface area contributed by atoms with Gasteiger partial charge in [-0.1, -0.05) is 12.1 Å². The number of hydrogen-bond donors (Lipinski definition) is 0. The summed E-state index contributed by atoms with van der Waals surface area (Å²) in [7, 11) is 4.10. The van der Waals surface area contributed by atoms with Gasteiger partial charge in [-0.2, -0.15) is 0 Å². The number of esters is 1. The number of carbonyl (C=O) groups is 1. The predicted octanol–water partition coefficient (Wildman–Crippen LogP) is 2.56. The third kappa shape index (κ3) is 4.02. The highest BCUT2D eigenvalue weighted by Gasteiger charge is 2.17. The van der Waals surface area contributed by atoms with Crippen LogP contribution in [0.25, 0.3) is 0 Å². The normalized spacial score (nSPS) is 14.6. The van der Waals surface area contributed by atoms with Crippen LogP contribution >= 0.6 is 11.8 Å². The molecule has 1 aromatic carbocycles. The fourth-order valence-corrected chi connectivity index (χ4v) is 2.92. The first-order chi connectivity index (χ1) is 9.56. The Hall–Kier alpha value is -1.46. The van der Waals surface area contributed by atoms with Gasteiger partial charge in [0, 0.05) is 31.1 Å². The summed E-state index contributed by atoms with van der Waals surface area (Å²) in [6.45, 7) is 3.23. The van der Waals surface area contributed by atoms with Gasteiger partial charge in [0.2, 0.25) is 0 Å². The predicted molar refractivity (Wildman–Crippen MR) is 82.9 cm³/mol. The van der Waals surface area contributed by atoms with E-state index in [9.17, 15) is 4.79 Å². The first kappa shape index (κ1) is 14.9. The van der Waals surface area contributed by atoms with E-state index in [1.807, 2.05) is 18.3 Å². The molecule has 0 fully saturated rings. The van der Waals surface area contributed by atoms with Gasteiger partial charge in [0.05, 0.1) is 11.4 Å². The summed E-state index contributed by atoms with van der Waals surface area (Å²) in [5, 5.41) is 0. The lowest BCUT2D eigenvalue weighted by Gasteiger charge is -2.23. The van der Waals surface area contributed by atoms with Crippen molar-refractivity contribution >= 4 is 23.4 Å². The molecule has 2 rings (SSSR count). The summed E-state index contributed by atoms with van der Waals surface area (Å²) in [4.78, 5) is 16.7. The molecule has 0 bridgehead atoms. The van der Waals surface area contributed by atoms with Gasteiger partial charge in [-0.25, -0.2) is 0 Å². The lowest BCUT2D eigenvalue weighted by molar-refractivity contribution is -0.136. The number of para-hydroxylation sites is 1. The minimum atomic E-state index is -0.268. The van der Waals surface area contributed by atoms with E-state index in [0.717, 1.165) is 13.1 Å². The van der Waals surface area contributed by atoms with Crippen molar-refractivity contribution in [2.75, 3.05) is 37.8 Å².